The molecule has 0 saturated carbocycles. The summed E-state index contributed by atoms with van der Waals surface area (Å²) in [5.41, 5.74) is 3.48. The number of rotatable bonds is 9. The highest BCUT2D eigenvalue weighted by molar-refractivity contribution is 5.92. The van der Waals surface area contributed by atoms with E-state index >= 15 is 0 Å². The molecule has 0 atom stereocenters. The van der Waals surface area contributed by atoms with Crippen molar-refractivity contribution in [2.24, 2.45) is 5.10 Å². The van der Waals surface area contributed by atoms with Crippen LogP contribution >= 0.6 is 0 Å². The van der Waals surface area contributed by atoms with Crippen molar-refractivity contribution in [1.29, 1.82) is 0 Å². The normalized spacial score (nSPS) is 11.1. The Morgan fingerprint density at radius 2 is 1.68 bits per heavy atom. The Bertz CT molecular complexity index is 1750. The summed E-state index contributed by atoms with van der Waals surface area (Å²) < 4.78 is 12.9. The van der Waals surface area contributed by atoms with E-state index in [2.05, 4.69) is 10.4 Å². The van der Waals surface area contributed by atoms with Gasteiger partial charge in [0, 0.05) is 11.3 Å². The third-order valence-corrected chi connectivity index (χ3v) is 6.15. The van der Waals surface area contributed by atoms with Crippen LogP contribution in [0.3, 0.4) is 0 Å². The second-order valence-corrected chi connectivity index (χ2v) is 8.97. The Balaban J connectivity index is 1.41. The fourth-order valence-corrected chi connectivity index (χ4v) is 4.16. The minimum Gasteiger partial charge on any atom is -0.490 e. The number of ether oxygens (including phenoxy) is 2. The van der Waals surface area contributed by atoms with Crippen LogP contribution in [-0.4, -0.2) is 35.0 Å². The van der Waals surface area contributed by atoms with Crippen molar-refractivity contribution in [3.05, 3.63) is 119 Å². The van der Waals surface area contributed by atoms with Crippen LogP contribution in [0.2, 0.25) is 0 Å². The molecule has 1 aromatic heterocycles. The predicted octanol–water partition coefficient (Wildman–Crippen LogP) is 5.67. The van der Waals surface area contributed by atoms with E-state index in [0.717, 1.165) is 16.8 Å². The molecule has 8 heteroatoms. The van der Waals surface area contributed by atoms with E-state index in [9.17, 15) is 9.59 Å². The summed E-state index contributed by atoms with van der Waals surface area (Å²) in [6, 6.07) is 29.4. The minimum atomic E-state index is -0.279. The maximum atomic E-state index is 13.4. The second kappa shape index (κ2) is 12.1. The Morgan fingerprint density at radius 1 is 0.925 bits per heavy atom. The predicted molar refractivity (Wildman–Crippen MR) is 157 cm³/mol. The average molecular weight is 533 g/mol. The number of amides is 1. The molecule has 1 N–H and O–H groups in total. The number of carbonyl (C=O) groups is 1. The van der Waals surface area contributed by atoms with Gasteiger partial charge in [0.2, 0.25) is 0 Å². The van der Waals surface area contributed by atoms with Crippen LogP contribution in [-0.2, 0) is 4.79 Å². The lowest BCUT2D eigenvalue weighted by Crippen LogP contribution is -2.21. The van der Waals surface area contributed by atoms with Gasteiger partial charge in [-0.2, -0.15) is 9.78 Å². The van der Waals surface area contributed by atoms with Crippen LogP contribution in [0.15, 0.2) is 107 Å². The van der Waals surface area contributed by atoms with Gasteiger partial charge in [-0.3, -0.25) is 9.59 Å². The monoisotopic (exact) mass is 532 g/mol. The summed E-state index contributed by atoms with van der Waals surface area (Å²) in [6.45, 7) is 4.01. The first kappa shape index (κ1) is 26.4. The van der Waals surface area contributed by atoms with Gasteiger partial charge in [0.1, 0.15) is 0 Å². The van der Waals surface area contributed by atoms with E-state index in [4.69, 9.17) is 14.5 Å². The maximum Gasteiger partial charge on any atom is 0.282 e. The first-order chi connectivity index (χ1) is 19.5. The zero-order chi connectivity index (χ0) is 27.9. The fraction of sp³-hybridized carbons (Fsp3) is 0.125. The molecule has 5 rings (SSSR count). The topological polar surface area (TPSA) is 94.8 Å². The summed E-state index contributed by atoms with van der Waals surface area (Å²) in [5, 5.41) is 7.85. The molecule has 0 saturated heterocycles. The molecule has 0 spiro atoms. The first-order valence-electron chi connectivity index (χ1n) is 12.9. The molecule has 0 radical (unpaired) electrons. The number of carbonyl (C=O) groups excluding carboxylic acids is 1. The van der Waals surface area contributed by atoms with Gasteiger partial charge >= 0.3 is 0 Å². The zero-order valence-corrected chi connectivity index (χ0v) is 22.2. The molecule has 4 aromatic carbocycles. The van der Waals surface area contributed by atoms with E-state index in [-0.39, 0.29) is 18.1 Å². The van der Waals surface area contributed by atoms with Gasteiger partial charge in [0.25, 0.3) is 11.5 Å². The lowest BCUT2D eigenvalue weighted by molar-refractivity contribution is -0.118. The van der Waals surface area contributed by atoms with Crippen LogP contribution in [0.5, 0.6) is 11.5 Å². The number of nitrogens with zero attached hydrogens (tertiary/aromatic N) is 3. The van der Waals surface area contributed by atoms with E-state index in [1.165, 1.54) is 4.68 Å². The molecule has 1 amide bonds. The third kappa shape index (κ3) is 5.91. The standard InChI is InChI=1S/C32H28N4O4/c1-3-39-29-19-23(17-18-28(29)40-21-30(37)34-26-15-9-7-11-22(26)2)20-33-36-31(24-12-5-4-6-13-24)35-27-16-10-8-14-25(27)32(36)38/h4-20H,3,21H2,1-2H3,(H,34,37). The van der Waals surface area contributed by atoms with Gasteiger partial charge < -0.3 is 14.8 Å². The Kier molecular flexibility index (Phi) is 7.97. The smallest absolute Gasteiger partial charge is 0.282 e. The first-order valence-corrected chi connectivity index (χ1v) is 12.9. The highest BCUT2D eigenvalue weighted by atomic mass is 16.5. The number of nitrogens with one attached hydrogen (secondary N) is 1. The number of hydrogen-bond acceptors (Lipinski definition) is 6. The van der Waals surface area contributed by atoms with Gasteiger partial charge in [-0.1, -0.05) is 60.7 Å². The van der Waals surface area contributed by atoms with Gasteiger partial charge in [0.15, 0.2) is 23.9 Å². The van der Waals surface area contributed by atoms with E-state index in [0.29, 0.717) is 40.4 Å². The largest absolute Gasteiger partial charge is 0.490 e. The Labute approximate surface area is 231 Å². The van der Waals surface area contributed by atoms with Crippen LogP contribution < -0.4 is 20.3 Å². The molecular formula is C32H28N4O4. The molecule has 0 aliphatic heterocycles. The average Bonchev–Trinajstić information content (AvgIpc) is 2.98. The molecule has 0 unspecified atom stereocenters. The van der Waals surface area contributed by atoms with Crippen molar-refractivity contribution in [2.45, 2.75) is 13.8 Å². The van der Waals surface area contributed by atoms with Gasteiger partial charge in [0.05, 0.1) is 23.7 Å². The van der Waals surface area contributed by atoms with Gasteiger partial charge in [-0.15, -0.1) is 0 Å². The van der Waals surface area contributed by atoms with E-state index in [1.54, 1.807) is 36.5 Å². The summed E-state index contributed by atoms with van der Waals surface area (Å²) in [7, 11) is 0. The fourth-order valence-electron chi connectivity index (χ4n) is 4.16. The second-order valence-electron chi connectivity index (χ2n) is 8.97. The van der Waals surface area contributed by atoms with Crippen LogP contribution in [0.25, 0.3) is 22.3 Å². The van der Waals surface area contributed by atoms with Crippen molar-refractivity contribution < 1.29 is 14.3 Å². The number of anilines is 1. The number of hydrogen-bond donors (Lipinski definition) is 1. The van der Waals surface area contributed by atoms with Gasteiger partial charge in [-0.25, -0.2) is 4.98 Å². The third-order valence-electron chi connectivity index (χ3n) is 6.15. The molecule has 0 aliphatic carbocycles. The highest BCUT2D eigenvalue weighted by Crippen LogP contribution is 2.28. The summed E-state index contributed by atoms with van der Waals surface area (Å²) in [4.78, 5) is 30.6. The summed E-state index contributed by atoms with van der Waals surface area (Å²) in [5.74, 6) is 1.04. The van der Waals surface area contributed by atoms with Crippen LogP contribution in [0, 0.1) is 6.92 Å². The van der Waals surface area contributed by atoms with Crippen molar-refractivity contribution in [1.82, 2.24) is 9.66 Å². The number of para-hydroxylation sites is 2. The number of aromatic nitrogens is 2. The van der Waals surface area contributed by atoms with E-state index < -0.39 is 0 Å². The zero-order valence-electron chi connectivity index (χ0n) is 22.2. The SMILES string of the molecule is CCOc1cc(C=Nn2c(-c3ccccc3)nc3ccccc3c2=O)ccc1OCC(=O)Nc1ccccc1C. The minimum absolute atomic E-state index is 0.180. The summed E-state index contributed by atoms with van der Waals surface area (Å²) in [6.07, 6.45) is 1.57. The molecule has 5 aromatic rings. The molecule has 0 bridgehead atoms. The Hall–Kier alpha value is -5.24. The summed E-state index contributed by atoms with van der Waals surface area (Å²) >= 11 is 0. The lowest BCUT2D eigenvalue weighted by atomic mass is 10.2. The van der Waals surface area contributed by atoms with Gasteiger partial charge in [-0.05, 0) is 61.4 Å². The van der Waals surface area contributed by atoms with E-state index in [1.807, 2.05) is 80.6 Å². The molecule has 0 aliphatic rings. The maximum absolute atomic E-state index is 13.4. The lowest BCUT2D eigenvalue weighted by Gasteiger charge is -2.13. The number of aryl methyl sites for hydroxylation is 1. The van der Waals surface area contributed by atoms with Crippen molar-refractivity contribution in [3.63, 3.8) is 0 Å². The van der Waals surface area contributed by atoms with Crippen molar-refractivity contribution in [2.75, 3.05) is 18.5 Å². The molecule has 40 heavy (non-hydrogen) atoms. The molecule has 8 nitrogen and oxygen atoms in total. The quantitative estimate of drug-likeness (QED) is 0.247. The molecular weight excluding hydrogens is 504 g/mol. The molecule has 200 valence electrons. The number of benzene rings is 4. The van der Waals surface area contributed by atoms with Crippen LogP contribution in [0.1, 0.15) is 18.1 Å². The van der Waals surface area contributed by atoms with Crippen molar-refractivity contribution >= 4 is 28.7 Å². The highest BCUT2D eigenvalue weighted by Gasteiger charge is 2.13. The van der Waals surface area contributed by atoms with Crippen LogP contribution in [0.4, 0.5) is 5.69 Å². The molecule has 1 heterocycles. The van der Waals surface area contributed by atoms with Crippen molar-refractivity contribution in [3.8, 4) is 22.9 Å². The molecule has 0 fully saturated rings. The Morgan fingerprint density at radius 3 is 2.48 bits per heavy atom. The number of fused-ring (bicyclic) bond motifs is 1.